The molecule has 0 aliphatic carbocycles. The van der Waals surface area contributed by atoms with E-state index >= 15 is 0 Å². The van der Waals surface area contributed by atoms with Crippen LogP contribution in [0.5, 0.6) is 0 Å². The SMILES string of the molecule is CC(C)(C)c1ccc2c(c1)c1cc(C(C)(C)C)cc3c1n2-c1cc(-c2ccc(F)cc2)cc2c1B3c1cc(C(C)(C)C)cc3c4cc(C(C)(C)C)ccc4n-2c13. The molecule has 0 saturated heterocycles. The topological polar surface area (TPSA) is 9.86 Å². The van der Waals surface area contributed by atoms with E-state index in [1.54, 1.807) is 12.1 Å². The van der Waals surface area contributed by atoms with E-state index in [0.29, 0.717) is 0 Å². The van der Waals surface area contributed by atoms with E-state index in [2.05, 4.69) is 165 Å². The number of benzene rings is 6. The van der Waals surface area contributed by atoms with Gasteiger partial charge in [-0.05, 0) is 132 Å². The number of hydrogen-bond acceptors (Lipinski definition) is 0. The van der Waals surface area contributed by atoms with Crippen molar-refractivity contribution in [1.29, 1.82) is 0 Å². The quantitative estimate of drug-likeness (QED) is 0.149. The lowest BCUT2D eigenvalue weighted by atomic mass is 9.34. The summed E-state index contributed by atoms with van der Waals surface area (Å²) in [6.45, 7) is 28.0. The van der Waals surface area contributed by atoms with Gasteiger partial charge in [0.05, 0.1) is 11.0 Å². The van der Waals surface area contributed by atoms with Crippen molar-refractivity contribution < 1.29 is 4.39 Å². The fourth-order valence-corrected chi connectivity index (χ4v) is 9.67. The molecule has 4 heterocycles. The van der Waals surface area contributed by atoms with Crippen molar-refractivity contribution in [1.82, 2.24) is 9.13 Å². The van der Waals surface area contributed by atoms with Crippen molar-refractivity contribution in [3.63, 3.8) is 0 Å². The molecule has 2 nitrogen and oxygen atoms in total. The van der Waals surface area contributed by atoms with E-state index in [9.17, 15) is 4.39 Å². The zero-order valence-electron chi connectivity index (χ0n) is 35.1. The maximum absolute atomic E-state index is 14.4. The molecule has 2 aromatic heterocycles. The molecule has 0 N–H and O–H groups in total. The zero-order valence-corrected chi connectivity index (χ0v) is 35.1. The molecule has 4 heteroatoms. The third kappa shape index (κ3) is 4.93. The van der Waals surface area contributed by atoms with Gasteiger partial charge in [0.15, 0.2) is 0 Å². The highest BCUT2D eigenvalue weighted by atomic mass is 19.1. The third-order valence-electron chi connectivity index (χ3n) is 13.0. The van der Waals surface area contributed by atoms with Gasteiger partial charge in [0.1, 0.15) is 5.82 Å². The molecule has 2 aliphatic heterocycles. The van der Waals surface area contributed by atoms with Gasteiger partial charge < -0.3 is 9.13 Å². The van der Waals surface area contributed by atoms with E-state index in [4.69, 9.17) is 0 Å². The minimum atomic E-state index is -0.221. The van der Waals surface area contributed by atoms with E-state index in [-0.39, 0.29) is 34.2 Å². The van der Waals surface area contributed by atoms with Crippen LogP contribution < -0.4 is 16.4 Å². The lowest BCUT2D eigenvalue weighted by Crippen LogP contribution is -2.59. The summed E-state index contributed by atoms with van der Waals surface area (Å²) in [7, 11) is 0. The zero-order chi connectivity index (χ0) is 39.6. The first kappa shape index (κ1) is 35.3. The van der Waals surface area contributed by atoms with Gasteiger partial charge in [-0.15, -0.1) is 0 Å². The van der Waals surface area contributed by atoms with Gasteiger partial charge in [-0.2, -0.15) is 0 Å². The van der Waals surface area contributed by atoms with Gasteiger partial charge in [0, 0.05) is 44.0 Å². The van der Waals surface area contributed by atoms with Crippen molar-refractivity contribution >= 4 is 66.7 Å². The Balaban J connectivity index is 1.45. The average Bonchev–Trinajstić information content (AvgIpc) is 3.63. The first-order valence-corrected chi connectivity index (χ1v) is 20.4. The molecular weight excluding hydrogens is 682 g/mol. The molecule has 0 amide bonds. The Morgan fingerprint density at radius 3 is 1.20 bits per heavy atom. The number of aromatic nitrogens is 2. The van der Waals surface area contributed by atoms with E-state index in [1.165, 1.54) is 93.6 Å². The summed E-state index contributed by atoms with van der Waals surface area (Å²) in [6, 6.07) is 36.1. The number of hydrogen-bond donors (Lipinski definition) is 0. The second-order valence-corrected chi connectivity index (χ2v) is 20.9. The Labute approximate surface area is 331 Å². The highest BCUT2D eigenvalue weighted by Gasteiger charge is 2.42. The minimum absolute atomic E-state index is 0.00991. The largest absolute Gasteiger partial charge is 0.310 e. The second kappa shape index (κ2) is 11.1. The van der Waals surface area contributed by atoms with Gasteiger partial charge in [0.25, 0.3) is 6.71 Å². The Bertz CT molecular complexity index is 2820. The summed E-state index contributed by atoms with van der Waals surface area (Å²) in [4.78, 5) is 0. The van der Waals surface area contributed by atoms with Crippen LogP contribution >= 0.6 is 0 Å². The molecular formula is C52H52BFN2. The van der Waals surface area contributed by atoms with Gasteiger partial charge >= 0.3 is 0 Å². The van der Waals surface area contributed by atoms with Crippen molar-refractivity contribution in [3.8, 4) is 22.5 Å². The highest BCUT2D eigenvalue weighted by molar-refractivity contribution is 7.00. The smallest absolute Gasteiger partial charge is 0.252 e. The Hall–Kier alpha value is -5.09. The van der Waals surface area contributed by atoms with Crippen LogP contribution in [0.25, 0.3) is 66.1 Å². The van der Waals surface area contributed by atoms with Gasteiger partial charge in [-0.1, -0.05) is 119 Å². The molecule has 2 aliphatic rings. The van der Waals surface area contributed by atoms with Crippen LogP contribution in [0.4, 0.5) is 4.39 Å². The van der Waals surface area contributed by atoms with Crippen LogP contribution in [0.15, 0.2) is 97.1 Å². The Morgan fingerprint density at radius 1 is 0.411 bits per heavy atom. The fraction of sp³-hybridized carbons (Fsp3) is 0.308. The molecule has 8 aromatic rings. The number of rotatable bonds is 1. The van der Waals surface area contributed by atoms with Crippen LogP contribution in [0.1, 0.15) is 105 Å². The monoisotopic (exact) mass is 734 g/mol. The minimum Gasteiger partial charge on any atom is -0.310 e. The normalized spacial score (nSPS) is 14.1. The van der Waals surface area contributed by atoms with Gasteiger partial charge in [-0.25, -0.2) is 4.39 Å². The van der Waals surface area contributed by atoms with E-state index in [0.717, 1.165) is 11.1 Å². The summed E-state index contributed by atoms with van der Waals surface area (Å²) in [6.07, 6.45) is 0. The van der Waals surface area contributed by atoms with Crippen molar-refractivity contribution in [2.75, 3.05) is 0 Å². The molecule has 0 unspecified atom stereocenters. The Kier molecular flexibility index (Phi) is 6.98. The molecule has 0 spiro atoms. The standard InChI is InChI=1S/C52H52BFN2/c1-49(2,3)31-15-19-42-36(23-31)38-25-33(51(7,8)9)27-40-47(38)55(42)44-21-30(29-13-17-35(54)18-14-29)22-45-46(44)53(40)41-28-34(52(10,11)12)26-39-37-24-32(50(4,5)6)16-20-43(37)56(45)48(39)41/h13-28H,1-12H3. The molecule has 6 aromatic carbocycles. The summed E-state index contributed by atoms with van der Waals surface area (Å²) in [5, 5.41) is 5.23. The summed E-state index contributed by atoms with van der Waals surface area (Å²) < 4.78 is 19.6. The van der Waals surface area contributed by atoms with Crippen LogP contribution in [0, 0.1) is 5.82 Å². The predicted octanol–water partition coefficient (Wildman–Crippen LogP) is 12.0. The summed E-state index contributed by atoms with van der Waals surface area (Å²) in [5.41, 5.74) is 19.0. The van der Waals surface area contributed by atoms with Crippen LogP contribution in [-0.2, 0) is 21.7 Å². The highest BCUT2D eigenvalue weighted by Crippen LogP contribution is 2.44. The van der Waals surface area contributed by atoms with Crippen LogP contribution in [0.3, 0.4) is 0 Å². The third-order valence-corrected chi connectivity index (χ3v) is 13.0. The molecule has 0 atom stereocenters. The summed E-state index contributed by atoms with van der Waals surface area (Å²) >= 11 is 0. The Morgan fingerprint density at radius 2 is 0.804 bits per heavy atom. The maximum atomic E-state index is 14.4. The number of fused-ring (bicyclic) bond motifs is 10. The van der Waals surface area contributed by atoms with Crippen LogP contribution in [0.2, 0.25) is 0 Å². The summed E-state index contributed by atoms with van der Waals surface area (Å²) in [5.74, 6) is -0.221. The molecule has 0 saturated carbocycles. The second-order valence-electron chi connectivity index (χ2n) is 20.9. The molecule has 56 heavy (non-hydrogen) atoms. The molecule has 0 fully saturated rings. The molecule has 10 rings (SSSR count). The molecule has 280 valence electrons. The maximum Gasteiger partial charge on any atom is 0.252 e. The van der Waals surface area contributed by atoms with Crippen molar-refractivity contribution in [2.45, 2.75) is 105 Å². The first-order chi connectivity index (χ1) is 26.2. The van der Waals surface area contributed by atoms with E-state index < -0.39 is 0 Å². The first-order valence-electron chi connectivity index (χ1n) is 20.4. The molecule has 0 radical (unpaired) electrons. The lowest BCUT2D eigenvalue weighted by Gasteiger charge is -2.36. The predicted molar refractivity (Wildman–Crippen MR) is 240 cm³/mol. The fourth-order valence-electron chi connectivity index (χ4n) is 9.67. The van der Waals surface area contributed by atoms with E-state index in [1.807, 2.05) is 12.1 Å². The van der Waals surface area contributed by atoms with Crippen molar-refractivity contribution in [3.05, 3.63) is 125 Å². The van der Waals surface area contributed by atoms with Crippen molar-refractivity contribution in [2.24, 2.45) is 0 Å². The number of halogens is 1. The lowest BCUT2D eigenvalue weighted by molar-refractivity contribution is 0.590. The van der Waals surface area contributed by atoms with Crippen LogP contribution in [-0.4, -0.2) is 15.8 Å². The van der Waals surface area contributed by atoms with Gasteiger partial charge in [-0.3, -0.25) is 0 Å². The molecule has 0 bridgehead atoms. The van der Waals surface area contributed by atoms with Gasteiger partial charge in [0.2, 0.25) is 0 Å². The average molecular weight is 735 g/mol. The number of nitrogens with zero attached hydrogens (tertiary/aromatic N) is 2.